The first-order valence-electron chi connectivity index (χ1n) is 2.27. The third kappa shape index (κ3) is 4.96. The van der Waals surface area contributed by atoms with E-state index in [2.05, 4.69) is 0 Å². The van der Waals surface area contributed by atoms with Gasteiger partial charge in [0.25, 0.3) is 0 Å². The molecule has 0 rings (SSSR count). The second-order valence-corrected chi connectivity index (χ2v) is 1.34. The molecule has 0 aromatic heterocycles. The summed E-state index contributed by atoms with van der Waals surface area (Å²) < 4.78 is 0. The summed E-state index contributed by atoms with van der Waals surface area (Å²) in [6, 6.07) is 1.79. The van der Waals surface area contributed by atoms with Gasteiger partial charge in [0.1, 0.15) is 0 Å². The lowest BCUT2D eigenvalue weighted by Crippen LogP contribution is -2.09. The molecule has 43 valence electrons. The molecule has 1 radical (unpaired) electrons. The number of hydrogen-bond donors (Lipinski definition) is 1. The van der Waals surface area contributed by atoms with Crippen LogP contribution in [0.15, 0.2) is 0 Å². The van der Waals surface area contributed by atoms with Gasteiger partial charge in [0, 0.05) is 6.42 Å². The SMILES string of the molecule is N#C[CH]CCC(N)=O. The van der Waals surface area contributed by atoms with Gasteiger partial charge in [-0.05, 0) is 6.42 Å². The van der Waals surface area contributed by atoms with Gasteiger partial charge in [-0.15, -0.1) is 0 Å². The van der Waals surface area contributed by atoms with Crippen LogP contribution in [0.1, 0.15) is 12.8 Å². The predicted octanol–water partition coefficient (Wildman–Crippen LogP) is -0.0202. The standard InChI is InChI=1S/C5H7N2O/c6-4-2-1-3-5(7)8/h2H,1,3H2,(H2,7,8). The lowest BCUT2D eigenvalue weighted by Gasteiger charge is -1.85. The van der Waals surface area contributed by atoms with Gasteiger partial charge in [0.2, 0.25) is 5.91 Å². The van der Waals surface area contributed by atoms with Crippen molar-refractivity contribution in [3.8, 4) is 6.07 Å². The van der Waals surface area contributed by atoms with Gasteiger partial charge < -0.3 is 5.73 Å². The van der Waals surface area contributed by atoms with Crippen molar-refractivity contribution in [1.29, 1.82) is 5.26 Å². The number of primary amides is 1. The number of nitrogens with two attached hydrogens (primary N) is 1. The molecule has 0 aliphatic heterocycles. The Morgan fingerprint density at radius 1 is 1.88 bits per heavy atom. The molecule has 2 N–H and O–H groups in total. The molecule has 0 saturated heterocycles. The molecule has 0 aromatic rings. The van der Waals surface area contributed by atoms with Crippen molar-refractivity contribution < 1.29 is 4.79 Å². The Morgan fingerprint density at radius 2 is 2.50 bits per heavy atom. The van der Waals surface area contributed by atoms with Gasteiger partial charge in [-0.25, -0.2) is 0 Å². The molecule has 0 fully saturated rings. The molecule has 0 aliphatic rings. The van der Waals surface area contributed by atoms with E-state index in [4.69, 9.17) is 11.0 Å². The van der Waals surface area contributed by atoms with Crippen LogP contribution < -0.4 is 5.73 Å². The minimum atomic E-state index is -0.364. The third-order valence-electron chi connectivity index (χ3n) is 0.626. The van der Waals surface area contributed by atoms with Crippen molar-refractivity contribution in [3.05, 3.63) is 6.42 Å². The normalized spacial score (nSPS) is 7.88. The van der Waals surface area contributed by atoms with E-state index in [9.17, 15) is 4.79 Å². The van der Waals surface area contributed by atoms with Crippen LogP contribution in [-0.2, 0) is 4.79 Å². The van der Waals surface area contributed by atoms with E-state index in [-0.39, 0.29) is 12.3 Å². The number of rotatable bonds is 3. The minimum Gasteiger partial charge on any atom is -0.370 e. The van der Waals surface area contributed by atoms with E-state index in [1.165, 1.54) is 6.42 Å². The molecule has 8 heavy (non-hydrogen) atoms. The largest absolute Gasteiger partial charge is 0.370 e. The van der Waals surface area contributed by atoms with E-state index < -0.39 is 0 Å². The third-order valence-corrected chi connectivity index (χ3v) is 0.626. The Morgan fingerprint density at radius 3 is 2.88 bits per heavy atom. The highest BCUT2D eigenvalue weighted by atomic mass is 16.1. The highest BCUT2D eigenvalue weighted by Crippen LogP contribution is 1.88. The second-order valence-electron chi connectivity index (χ2n) is 1.34. The zero-order valence-corrected chi connectivity index (χ0v) is 4.42. The summed E-state index contributed by atoms with van der Waals surface area (Å²) in [6.07, 6.45) is 2.09. The predicted molar refractivity (Wildman–Crippen MR) is 28.3 cm³/mol. The zero-order chi connectivity index (χ0) is 6.41. The Kier molecular flexibility index (Phi) is 3.59. The maximum absolute atomic E-state index is 9.97. The summed E-state index contributed by atoms with van der Waals surface area (Å²) >= 11 is 0. The average molecular weight is 111 g/mol. The zero-order valence-electron chi connectivity index (χ0n) is 4.42. The highest BCUT2D eigenvalue weighted by molar-refractivity contribution is 5.73. The van der Waals surface area contributed by atoms with Crippen molar-refractivity contribution >= 4 is 5.91 Å². The molecular weight excluding hydrogens is 104 g/mol. The molecule has 0 heterocycles. The van der Waals surface area contributed by atoms with Gasteiger partial charge in [-0.1, -0.05) is 0 Å². The number of nitrogens with zero attached hydrogens (tertiary/aromatic N) is 1. The molecule has 0 saturated carbocycles. The highest BCUT2D eigenvalue weighted by Gasteiger charge is 1.91. The Balaban J connectivity index is 2.97. The van der Waals surface area contributed by atoms with Gasteiger partial charge in [-0.2, -0.15) is 5.26 Å². The molecule has 3 heteroatoms. The van der Waals surface area contributed by atoms with Gasteiger partial charge in [0.05, 0.1) is 12.5 Å². The number of amides is 1. The Bertz CT molecular complexity index is 114. The van der Waals surface area contributed by atoms with Crippen LogP contribution >= 0.6 is 0 Å². The summed E-state index contributed by atoms with van der Waals surface area (Å²) in [4.78, 5) is 9.97. The van der Waals surface area contributed by atoms with Crippen molar-refractivity contribution in [2.24, 2.45) is 5.73 Å². The maximum Gasteiger partial charge on any atom is 0.217 e. The van der Waals surface area contributed by atoms with E-state index in [1.807, 2.05) is 0 Å². The van der Waals surface area contributed by atoms with E-state index >= 15 is 0 Å². The summed E-state index contributed by atoms with van der Waals surface area (Å²) in [5.41, 5.74) is 4.76. The molecule has 3 nitrogen and oxygen atoms in total. The number of carbonyl (C=O) groups excluding carboxylic acids is 1. The van der Waals surface area contributed by atoms with Crippen LogP contribution in [0.2, 0.25) is 0 Å². The van der Waals surface area contributed by atoms with Crippen molar-refractivity contribution in [1.82, 2.24) is 0 Å². The van der Waals surface area contributed by atoms with Crippen LogP contribution in [0.5, 0.6) is 0 Å². The first kappa shape index (κ1) is 6.96. The van der Waals surface area contributed by atoms with Crippen LogP contribution in [-0.4, -0.2) is 5.91 Å². The lowest BCUT2D eigenvalue weighted by molar-refractivity contribution is -0.117. The molecular formula is C5H7N2O. The molecule has 0 aliphatic carbocycles. The summed E-state index contributed by atoms with van der Waals surface area (Å²) in [5, 5.41) is 7.92. The fourth-order valence-electron chi connectivity index (χ4n) is 0.279. The van der Waals surface area contributed by atoms with Crippen molar-refractivity contribution in [2.75, 3.05) is 0 Å². The maximum atomic E-state index is 9.97. The fourth-order valence-corrected chi connectivity index (χ4v) is 0.279. The average Bonchev–Trinajstić information content (AvgIpc) is 1.66. The first-order valence-corrected chi connectivity index (χ1v) is 2.27. The second kappa shape index (κ2) is 4.13. The minimum absolute atomic E-state index is 0.271. The van der Waals surface area contributed by atoms with Gasteiger partial charge in [-0.3, -0.25) is 4.79 Å². The smallest absolute Gasteiger partial charge is 0.217 e. The molecule has 0 bridgehead atoms. The molecule has 0 atom stereocenters. The topological polar surface area (TPSA) is 66.9 Å². The summed E-state index contributed by atoms with van der Waals surface area (Å²) in [7, 11) is 0. The molecule has 1 amide bonds. The molecule has 0 aromatic carbocycles. The Labute approximate surface area is 48.1 Å². The number of unbranched alkanes of at least 4 members (excludes halogenated alkanes) is 1. The molecule has 0 unspecified atom stereocenters. The summed E-state index contributed by atoms with van der Waals surface area (Å²) in [6.45, 7) is 0. The van der Waals surface area contributed by atoms with Gasteiger partial charge in [0.15, 0.2) is 0 Å². The van der Waals surface area contributed by atoms with Crippen LogP contribution in [0.3, 0.4) is 0 Å². The van der Waals surface area contributed by atoms with Crippen molar-refractivity contribution in [3.63, 3.8) is 0 Å². The number of carbonyl (C=O) groups is 1. The fraction of sp³-hybridized carbons (Fsp3) is 0.400. The van der Waals surface area contributed by atoms with E-state index in [1.54, 1.807) is 6.07 Å². The monoisotopic (exact) mass is 111 g/mol. The Hall–Kier alpha value is -1.04. The van der Waals surface area contributed by atoms with E-state index in [0.717, 1.165) is 0 Å². The summed E-state index contributed by atoms with van der Waals surface area (Å²) in [5.74, 6) is -0.364. The number of hydrogen-bond acceptors (Lipinski definition) is 2. The molecule has 0 spiro atoms. The quantitative estimate of drug-likeness (QED) is 0.520. The van der Waals surface area contributed by atoms with Crippen molar-refractivity contribution in [2.45, 2.75) is 12.8 Å². The van der Waals surface area contributed by atoms with Crippen LogP contribution in [0.4, 0.5) is 0 Å². The van der Waals surface area contributed by atoms with Crippen LogP contribution in [0, 0.1) is 17.8 Å². The van der Waals surface area contributed by atoms with Gasteiger partial charge >= 0.3 is 0 Å². The van der Waals surface area contributed by atoms with Crippen LogP contribution in [0.25, 0.3) is 0 Å². The van der Waals surface area contributed by atoms with E-state index in [0.29, 0.717) is 6.42 Å². The lowest BCUT2D eigenvalue weighted by atomic mass is 10.2. The number of nitriles is 1. The first-order chi connectivity index (χ1) is 3.77.